The number of benzene rings is 2. The van der Waals surface area contributed by atoms with Gasteiger partial charge in [0, 0.05) is 35.2 Å². The Balaban J connectivity index is 1.35. The van der Waals surface area contributed by atoms with Gasteiger partial charge in [0.1, 0.15) is 11.6 Å². The SMILES string of the molecule is Cc1nccn1-c1ccc(Oc2ccc(NC(=O)/C=C/c3ccccc3Cl)cc2)nn1. The van der Waals surface area contributed by atoms with E-state index in [2.05, 4.69) is 20.5 Å². The molecule has 0 bridgehead atoms. The van der Waals surface area contributed by atoms with Gasteiger partial charge in [-0.1, -0.05) is 29.8 Å². The lowest BCUT2D eigenvalue weighted by Crippen LogP contribution is -2.07. The molecule has 2 heterocycles. The van der Waals surface area contributed by atoms with Crippen LogP contribution in [0.25, 0.3) is 11.9 Å². The summed E-state index contributed by atoms with van der Waals surface area (Å²) in [7, 11) is 0. The van der Waals surface area contributed by atoms with Gasteiger partial charge in [-0.15, -0.1) is 10.2 Å². The van der Waals surface area contributed by atoms with Crippen LogP contribution in [0, 0.1) is 6.92 Å². The van der Waals surface area contributed by atoms with Crippen molar-refractivity contribution in [1.29, 1.82) is 0 Å². The van der Waals surface area contributed by atoms with Crippen molar-refractivity contribution in [1.82, 2.24) is 19.7 Å². The molecule has 0 spiro atoms. The number of carbonyl (C=O) groups excluding carboxylic acids is 1. The molecule has 0 saturated heterocycles. The van der Waals surface area contributed by atoms with Crippen molar-refractivity contribution >= 4 is 29.3 Å². The molecule has 0 saturated carbocycles. The molecule has 154 valence electrons. The van der Waals surface area contributed by atoms with Crippen molar-refractivity contribution in [2.75, 3.05) is 5.32 Å². The van der Waals surface area contributed by atoms with Crippen molar-refractivity contribution in [3.63, 3.8) is 0 Å². The molecule has 0 aliphatic carbocycles. The molecule has 4 aromatic rings. The first-order valence-electron chi connectivity index (χ1n) is 9.44. The number of ether oxygens (including phenoxy) is 1. The van der Waals surface area contributed by atoms with E-state index in [0.29, 0.717) is 28.2 Å². The highest BCUT2D eigenvalue weighted by molar-refractivity contribution is 6.32. The molecule has 8 heteroatoms. The van der Waals surface area contributed by atoms with Crippen molar-refractivity contribution in [2.24, 2.45) is 0 Å². The van der Waals surface area contributed by atoms with E-state index in [0.717, 1.165) is 11.4 Å². The lowest BCUT2D eigenvalue weighted by Gasteiger charge is -2.07. The molecule has 1 amide bonds. The van der Waals surface area contributed by atoms with Crippen LogP contribution in [0.2, 0.25) is 5.02 Å². The van der Waals surface area contributed by atoms with Gasteiger partial charge >= 0.3 is 0 Å². The Kier molecular flexibility index (Phi) is 6.05. The second-order valence-corrected chi connectivity index (χ2v) is 6.95. The number of hydrogen-bond acceptors (Lipinski definition) is 5. The monoisotopic (exact) mass is 431 g/mol. The predicted octanol–water partition coefficient (Wildman–Crippen LogP) is 5.07. The van der Waals surface area contributed by atoms with E-state index < -0.39 is 0 Å². The summed E-state index contributed by atoms with van der Waals surface area (Å²) in [6, 6.07) is 17.8. The Labute approximate surface area is 184 Å². The third-order valence-corrected chi connectivity index (χ3v) is 4.71. The molecular weight excluding hydrogens is 414 g/mol. The van der Waals surface area contributed by atoms with E-state index in [1.54, 1.807) is 54.7 Å². The Morgan fingerprint density at radius 3 is 2.55 bits per heavy atom. The molecular formula is C23H18ClN5O2. The summed E-state index contributed by atoms with van der Waals surface area (Å²) in [5.41, 5.74) is 1.41. The summed E-state index contributed by atoms with van der Waals surface area (Å²) in [5.74, 6) is 2.16. The number of aromatic nitrogens is 4. The second-order valence-electron chi connectivity index (χ2n) is 6.54. The van der Waals surface area contributed by atoms with E-state index in [-0.39, 0.29) is 5.91 Å². The summed E-state index contributed by atoms with van der Waals surface area (Å²) in [6.07, 6.45) is 6.62. The number of amides is 1. The molecule has 2 aromatic heterocycles. The first kappa shape index (κ1) is 20.3. The highest BCUT2D eigenvalue weighted by Gasteiger charge is 2.05. The minimum Gasteiger partial charge on any atom is -0.438 e. The van der Waals surface area contributed by atoms with Crippen LogP contribution in [0.5, 0.6) is 11.6 Å². The topological polar surface area (TPSA) is 81.9 Å². The summed E-state index contributed by atoms with van der Waals surface area (Å²) < 4.78 is 7.55. The number of hydrogen-bond donors (Lipinski definition) is 1. The van der Waals surface area contributed by atoms with Gasteiger partial charge in [-0.3, -0.25) is 9.36 Å². The first-order chi connectivity index (χ1) is 15.1. The molecule has 0 aliphatic rings. The lowest BCUT2D eigenvalue weighted by molar-refractivity contribution is -0.111. The third-order valence-electron chi connectivity index (χ3n) is 4.36. The minimum atomic E-state index is -0.259. The van der Waals surface area contributed by atoms with Gasteiger partial charge in [-0.05, 0) is 55.0 Å². The average molecular weight is 432 g/mol. The molecule has 0 aliphatic heterocycles. The van der Waals surface area contributed by atoms with Gasteiger partial charge in [0.2, 0.25) is 11.8 Å². The van der Waals surface area contributed by atoms with Crippen molar-refractivity contribution in [3.8, 4) is 17.4 Å². The van der Waals surface area contributed by atoms with Crippen LogP contribution < -0.4 is 10.1 Å². The fraction of sp³-hybridized carbons (Fsp3) is 0.0435. The van der Waals surface area contributed by atoms with Gasteiger partial charge in [0.05, 0.1) is 0 Å². The Hall–Kier alpha value is -3.97. The van der Waals surface area contributed by atoms with E-state index in [1.807, 2.05) is 35.9 Å². The van der Waals surface area contributed by atoms with Crippen molar-refractivity contribution < 1.29 is 9.53 Å². The highest BCUT2D eigenvalue weighted by Crippen LogP contribution is 2.22. The molecule has 2 aromatic carbocycles. The standard InChI is InChI=1S/C23H18ClN5O2/c1-16-25-14-15-29(16)21-11-13-23(28-27-21)31-19-9-7-18(8-10-19)26-22(30)12-6-17-4-2-3-5-20(17)24/h2-15H,1H3,(H,26,30)/b12-6+. The Morgan fingerprint density at radius 2 is 1.87 bits per heavy atom. The van der Waals surface area contributed by atoms with Crippen LogP contribution in [-0.2, 0) is 4.79 Å². The summed E-state index contributed by atoms with van der Waals surface area (Å²) >= 11 is 6.08. The largest absolute Gasteiger partial charge is 0.438 e. The van der Waals surface area contributed by atoms with Crippen LogP contribution in [-0.4, -0.2) is 25.7 Å². The Morgan fingerprint density at radius 1 is 1.06 bits per heavy atom. The third kappa shape index (κ3) is 5.15. The van der Waals surface area contributed by atoms with Crippen LogP contribution in [0.15, 0.2) is 79.1 Å². The average Bonchev–Trinajstić information content (AvgIpc) is 3.21. The fourth-order valence-electron chi connectivity index (χ4n) is 2.80. The smallest absolute Gasteiger partial charge is 0.248 e. The van der Waals surface area contributed by atoms with Gasteiger partial charge < -0.3 is 10.1 Å². The maximum Gasteiger partial charge on any atom is 0.248 e. The number of halogens is 1. The number of carbonyl (C=O) groups is 1. The van der Waals surface area contributed by atoms with E-state index in [4.69, 9.17) is 16.3 Å². The number of anilines is 1. The predicted molar refractivity (Wildman–Crippen MR) is 120 cm³/mol. The van der Waals surface area contributed by atoms with Crippen LogP contribution in [0.1, 0.15) is 11.4 Å². The summed E-state index contributed by atoms with van der Waals surface area (Å²) in [5, 5.41) is 11.6. The van der Waals surface area contributed by atoms with Crippen molar-refractivity contribution in [2.45, 2.75) is 6.92 Å². The number of aryl methyl sites for hydroxylation is 1. The van der Waals surface area contributed by atoms with Gasteiger partial charge in [0.15, 0.2) is 5.82 Å². The fourth-order valence-corrected chi connectivity index (χ4v) is 3.00. The van der Waals surface area contributed by atoms with E-state index in [1.165, 1.54) is 6.08 Å². The molecule has 0 fully saturated rings. The highest BCUT2D eigenvalue weighted by atomic mass is 35.5. The summed E-state index contributed by atoms with van der Waals surface area (Å²) in [6.45, 7) is 1.89. The molecule has 0 radical (unpaired) electrons. The van der Waals surface area contributed by atoms with Gasteiger partial charge in [-0.25, -0.2) is 4.98 Å². The zero-order valence-corrected chi connectivity index (χ0v) is 17.3. The molecule has 1 N–H and O–H groups in total. The van der Waals surface area contributed by atoms with Crippen molar-refractivity contribution in [3.05, 3.63) is 95.5 Å². The molecule has 0 unspecified atom stereocenters. The van der Waals surface area contributed by atoms with Gasteiger partial charge in [-0.2, -0.15) is 0 Å². The molecule has 31 heavy (non-hydrogen) atoms. The van der Waals surface area contributed by atoms with E-state index >= 15 is 0 Å². The zero-order chi connectivity index (χ0) is 21.6. The lowest BCUT2D eigenvalue weighted by atomic mass is 10.2. The minimum absolute atomic E-state index is 0.259. The van der Waals surface area contributed by atoms with E-state index in [9.17, 15) is 4.79 Å². The second kappa shape index (κ2) is 9.23. The summed E-state index contributed by atoms with van der Waals surface area (Å²) in [4.78, 5) is 16.3. The zero-order valence-electron chi connectivity index (χ0n) is 16.6. The number of rotatable bonds is 6. The quantitative estimate of drug-likeness (QED) is 0.431. The maximum absolute atomic E-state index is 12.1. The first-order valence-corrected chi connectivity index (χ1v) is 9.82. The Bertz CT molecular complexity index is 1220. The molecule has 4 rings (SSSR count). The van der Waals surface area contributed by atoms with Gasteiger partial charge in [0.25, 0.3) is 0 Å². The normalized spacial score (nSPS) is 10.9. The van der Waals surface area contributed by atoms with Crippen LogP contribution in [0.3, 0.4) is 0 Å². The molecule has 7 nitrogen and oxygen atoms in total. The molecule has 0 atom stereocenters. The number of nitrogens with one attached hydrogen (secondary N) is 1. The maximum atomic E-state index is 12.1. The number of imidazole rings is 1. The number of nitrogens with zero attached hydrogens (tertiary/aromatic N) is 4. The van der Waals surface area contributed by atoms with Crippen LogP contribution in [0.4, 0.5) is 5.69 Å². The van der Waals surface area contributed by atoms with Crippen LogP contribution >= 0.6 is 11.6 Å².